The Bertz CT molecular complexity index is 465. The average molecular weight is 371 g/mol. The molecule has 1 heterocycles. The number of hydrogen-bond donors (Lipinski definition) is 1. The van der Waals surface area contributed by atoms with E-state index in [1.165, 1.54) is 5.56 Å². The third kappa shape index (κ3) is 3.76. The molecule has 0 saturated carbocycles. The molecule has 1 saturated heterocycles. The first kappa shape index (κ1) is 17.6. The molecule has 0 amide bonds. The third-order valence-electron chi connectivity index (χ3n) is 4.54. The van der Waals surface area contributed by atoms with Crippen LogP contribution in [-0.2, 0) is 0 Å². The smallest absolute Gasteiger partial charge is 0.137 e. The summed E-state index contributed by atoms with van der Waals surface area (Å²) in [5.41, 5.74) is 1.27. The molecule has 1 N–H and O–H groups in total. The molecule has 0 aliphatic carbocycles. The van der Waals surface area contributed by atoms with Gasteiger partial charge in [-0.1, -0.05) is 20.3 Å². The van der Waals surface area contributed by atoms with Gasteiger partial charge in [0.25, 0.3) is 0 Å². The molecule has 1 unspecified atom stereocenters. The Kier molecular flexibility index (Phi) is 6.53. The summed E-state index contributed by atoms with van der Waals surface area (Å²) in [5.74, 6) is 2.24. The number of piperazine rings is 1. The number of halogens is 1. The fourth-order valence-electron chi connectivity index (χ4n) is 3.14. The predicted octanol–water partition coefficient (Wildman–Crippen LogP) is 3.46. The van der Waals surface area contributed by atoms with Crippen LogP contribution in [0.25, 0.3) is 0 Å². The van der Waals surface area contributed by atoms with E-state index in [1.807, 2.05) is 0 Å². The molecule has 0 radical (unpaired) electrons. The lowest BCUT2D eigenvalue weighted by Gasteiger charge is -2.38. The lowest BCUT2D eigenvalue weighted by molar-refractivity contribution is 0.128. The van der Waals surface area contributed by atoms with Gasteiger partial charge >= 0.3 is 0 Å². The molecule has 0 spiro atoms. The second kappa shape index (κ2) is 8.18. The maximum atomic E-state index is 5.52. The second-order valence-electron chi connectivity index (χ2n) is 5.86. The van der Waals surface area contributed by atoms with Crippen LogP contribution in [0.1, 0.15) is 31.9 Å². The van der Waals surface area contributed by atoms with Gasteiger partial charge in [0.2, 0.25) is 0 Å². The van der Waals surface area contributed by atoms with Crippen LogP contribution in [-0.4, -0.2) is 45.3 Å². The molecule has 22 heavy (non-hydrogen) atoms. The summed E-state index contributed by atoms with van der Waals surface area (Å²) in [7, 11) is 3.40. The molecule has 1 aromatic carbocycles. The zero-order chi connectivity index (χ0) is 16.1. The standard InChI is InChI=1S/C17H27BrN2O2/c1-5-12(2)17(20-8-6-19-7-9-20)13-10-14(21-3)16(18)15(11-13)22-4/h10-12,17,19H,5-9H2,1-4H3/t12?,17-/m1/s1. The number of nitrogens with zero attached hydrogens (tertiary/aromatic N) is 1. The Hall–Kier alpha value is -0.780. The van der Waals surface area contributed by atoms with Gasteiger partial charge in [-0.2, -0.15) is 0 Å². The van der Waals surface area contributed by atoms with Crippen molar-refractivity contribution in [3.63, 3.8) is 0 Å². The molecule has 1 aromatic rings. The van der Waals surface area contributed by atoms with E-state index < -0.39 is 0 Å². The zero-order valence-corrected chi connectivity index (χ0v) is 15.6. The summed E-state index contributed by atoms with van der Waals surface area (Å²) < 4.78 is 11.9. The topological polar surface area (TPSA) is 33.7 Å². The highest BCUT2D eigenvalue weighted by atomic mass is 79.9. The van der Waals surface area contributed by atoms with Gasteiger partial charge < -0.3 is 14.8 Å². The van der Waals surface area contributed by atoms with Crippen LogP contribution < -0.4 is 14.8 Å². The van der Waals surface area contributed by atoms with Gasteiger partial charge in [-0.3, -0.25) is 4.90 Å². The highest BCUT2D eigenvalue weighted by molar-refractivity contribution is 9.10. The first-order valence-electron chi connectivity index (χ1n) is 7.98. The van der Waals surface area contributed by atoms with E-state index >= 15 is 0 Å². The molecule has 0 aromatic heterocycles. The Morgan fingerprint density at radius 3 is 2.18 bits per heavy atom. The van der Waals surface area contributed by atoms with Gasteiger partial charge in [0.15, 0.2) is 0 Å². The SMILES string of the molecule is CCC(C)[C@H](c1cc(OC)c(Br)c(OC)c1)N1CCNCC1. The van der Waals surface area contributed by atoms with E-state index in [4.69, 9.17) is 9.47 Å². The van der Waals surface area contributed by atoms with Gasteiger partial charge in [0.1, 0.15) is 16.0 Å². The fraction of sp³-hybridized carbons (Fsp3) is 0.647. The van der Waals surface area contributed by atoms with E-state index in [1.54, 1.807) is 14.2 Å². The Labute approximate surface area is 142 Å². The number of hydrogen-bond acceptors (Lipinski definition) is 4. The Morgan fingerprint density at radius 2 is 1.73 bits per heavy atom. The van der Waals surface area contributed by atoms with Crippen molar-refractivity contribution in [2.24, 2.45) is 5.92 Å². The summed E-state index contributed by atoms with van der Waals surface area (Å²) in [6.45, 7) is 8.85. The van der Waals surface area contributed by atoms with E-state index in [9.17, 15) is 0 Å². The van der Waals surface area contributed by atoms with Crippen LogP contribution in [0.5, 0.6) is 11.5 Å². The van der Waals surface area contributed by atoms with Crippen LogP contribution in [0.3, 0.4) is 0 Å². The highest BCUT2D eigenvalue weighted by Crippen LogP contribution is 2.40. The van der Waals surface area contributed by atoms with Crippen molar-refractivity contribution in [3.05, 3.63) is 22.2 Å². The second-order valence-corrected chi connectivity index (χ2v) is 6.65. The van der Waals surface area contributed by atoms with E-state index in [-0.39, 0.29) is 0 Å². The largest absolute Gasteiger partial charge is 0.495 e. The number of nitrogens with one attached hydrogen (secondary N) is 1. The van der Waals surface area contributed by atoms with Crippen molar-refractivity contribution >= 4 is 15.9 Å². The van der Waals surface area contributed by atoms with Gasteiger partial charge in [-0.15, -0.1) is 0 Å². The Balaban J connectivity index is 2.41. The van der Waals surface area contributed by atoms with Crippen LogP contribution >= 0.6 is 15.9 Å². The summed E-state index contributed by atoms with van der Waals surface area (Å²) in [5, 5.41) is 3.43. The third-order valence-corrected chi connectivity index (χ3v) is 5.32. The van der Waals surface area contributed by atoms with Crippen molar-refractivity contribution in [2.45, 2.75) is 26.3 Å². The molecule has 5 heteroatoms. The summed E-state index contributed by atoms with van der Waals surface area (Å²) in [6, 6.07) is 4.68. The summed E-state index contributed by atoms with van der Waals surface area (Å²) >= 11 is 3.56. The van der Waals surface area contributed by atoms with E-state index in [2.05, 4.69) is 52.1 Å². The molecule has 124 valence electrons. The van der Waals surface area contributed by atoms with Crippen molar-refractivity contribution < 1.29 is 9.47 Å². The molecule has 2 rings (SSSR count). The first-order valence-corrected chi connectivity index (χ1v) is 8.77. The molecule has 4 nitrogen and oxygen atoms in total. The molecule has 1 aliphatic heterocycles. The van der Waals surface area contributed by atoms with E-state index in [0.29, 0.717) is 12.0 Å². The van der Waals surface area contributed by atoms with Gasteiger partial charge in [-0.05, 0) is 39.5 Å². The van der Waals surface area contributed by atoms with Crippen molar-refractivity contribution in [2.75, 3.05) is 40.4 Å². The molecule has 2 atom stereocenters. The van der Waals surface area contributed by atoms with E-state index in [0.717, 1.165) is 48.6 Å². The maximum absolute atomic E-state index is 5.52. The van der Waals surface area contributed by atoms with Gasteiger partial charge in [0.05, 0.1) is 14.2 Å². The lowest BCUT2D eigenvalue weighted by Crippen LogP contribution is -2.46. The summed E-state index contributed by atoms with van der Waals surface area (Å²) in [6.07, 6.45) is 1.15. The minimum Gasteiger partial charge on any atom is -0.495 e. The monoisotopic (exact) mass is 370 g/mol. The maximum Gasteiger partial charge on any atom is 0.137 e. The van der Waals surface area contributed by atoms with Gasteiger partial charge in [-0.25, -0.2) is 0 Å². The van der Waals surface area contributed by atoms with Crippen LogP contribution in [0.2, 0.25) is 0 Å². The Morgan fingerprint density at radius 1 is 1.18 bits per heavy atom. The fourth-order valence-corrected chi connectivity index (χ4v) is 3.70. The summed E-state index contributed by atoms with van der Waals surface area (Å²) in [4.78, 5) is 2.58. The normalized spacial score (nSPS) is 18.8. The predicted molar refractivity (Wildman–Crippen MR) is 93.9 cm³/mol. The van der Waals surface area contributed by atoms with Crippen LogP contribution in [0.4, 0.5) is 0 Å². The van der Waals surface area contributed by atoms with Crippen molar-refractivity contribution in [1.29, 1.82) is 0 Å². The van der Waals surface area contributed by atoms with Gasteiger partial charge in [0, 0.05) is 32.2 Å². The molecule has 1 fully saturated rings. The minimum atomic E-state index is 0.392. The van der Waals surface area contributed by atoms with Crippen LogP contribution in [0.15, 0.2) is 16.6 Å². The molecular weight excluding hydrogens is 344 g/mol. The van der Waals surface area contributed by atoms with Crippen LogP contribution in [0, 0.1) is 5.92 Å². The number of rotatable bonds is 6. The molecule has 1 aliphatic rings. The first-order chi connectivity index (χ1) is 10.6. The zero-order valence-electron chi connectivity index (χ0n) is 14.0. The molecule has 0 bridgehead atoms. The number of ether oxygens (including phenoxy) is 2. The quantitative estimate of drug-likeness (QED) is 0.831. The molecular formula is C17H27BrN2O2. The number of benzene rings is 1. The lowest BCUT2D eigenvalue weighted by atomic mass is 9.90. The minimum absolute atomic E-state index is 0.392. The van der Waals surface area contributed by atoms with Crippen molar-refractivity contribution in [1.82, 2.24) is 10.2 Å². The van der Waals surface area contributed by atoms with Crippen molar-refractivity contribution in [3.8, 4) is 11.5 Å². The highest BCUT2D eigenvalue weighted by Gasteiger charge is 2.28. The number of methoxy groups -OCH3 is 2. The average Bonchev–Trinajstić information content (AvgIpc) is 2.56.